The van der Waals surface area contributed by atoms with Crippen LogP contribution >= 0.6 is 0 Å². The van der Waals surface area contributed by atoms with E-state index in [1.165, 1.54) is 283 Å². The number of unbranched alkanes of at least 4 members (excludes halogenated alkanes) is 38. The Morgan fingerprint density at radius 2 is 0.442 bits per heavy atom. The molecule has 0 aromatic rings. The van der Waals surface area contributed by atoms with Crippen molar-refractivity contribution in [2.24, 2.45) is 0 Å². The molecule has 1 rings (SSSR count). The van der Waals surface area contributed by atoms with Crippen LogP contribution in [0.15, 0.2) is 12.4 Å². The molecular formula is C50H100N2. The number of hydrogen-bond donors (Lipinski definition) is 0. The van der Waals surface area contributed by atoms with Crippen LogP contribution in [-0.2, 0) is 0 Å². The first-order valence-electron chi connectivity index (χ1n) is 25.0. The summed E-state index contributed by atoms with van der Waals surface area (Å²) in [5.74, 6) is 0. The van der Waals surface area contributed by atoms with E-state index in [9.17, 15) is 0 Å². The van der Waals surface area contributed by atoms with Gasteiger partial charge >= 0.3 is 0 Å². The molecule has 1 atom stereocenters. The zero-order chi connectivity index (χ0) is 37.3. The van der Waals surface area contributed by atoms with Crippen LogP contribution in [0.3, 0.4) is 0 Å². The molecule has 1 unspecified atom stereocenters. The molecule has 0 radical (unpaired) electrons. The van der Waals surface area contributed by atoms with Crippen LogP contribution in [0.25, 0.3) is 0 Å². The summed E-state index contributed by atoms with van der Waals surface area (Å²) in [6.45, 7) is 9.49. The average Bonchev–Trinajstić information content (AvgIpc) is 3.54. The monoisotopic (exact) mass is 729 g/mol. The quantitative estimate of drug-likeness (QED) is 0.0576. The zero-order valence-electron chi connectivity index (χ0n) is 36.7. The van der Waals surface area contributed by atoms with Crippen LogP contribution in [0.1, 0.15) is 290 Å². The fourth-order valence-electron chi connectivity index (χ4n) is 8.66. The van der Waals surface area contributed by atoms with Gasteiger partial charge in [-0.1, -0.05) is 265 Å². The van der Waals surface area contributed by atoms with E-state index in [4.69, 9.17) is 0 Å². The van der Waals surface area contributed by atoms with Gasteiger partial charge in [0, 0.05) is 25.5 Å². The minimum absolute atomic E-state index is 0.636. The highest BCUT2D eigenvalue weighted by Crippen LogP contribution is 2.24. The van der Waals surface area contributed by atoms with Gasteiger partial charge in [0.1, 0.15) is 6.17 Å². The van der Waals surface area contributed by atoms with Gasteiger partial charge in [0.2, 0.25) is 0 Å². The lowest BCUT2D eigenvalue weighted by atomic mass is 10.0. The molecule has 0 saturated carbocycles. The fraction of sp³-hybridized carbons (Fsp3) is 0.960. The van der Waals surface area contributed by atoms with Gasteiger partial charge < -0.3 is 9.80 Å². The highest BCUT2D eigenvalue weighted by Gasteiger charge is 2.24. The lowest BCUT2D eigenvalue weighted by molar-refractivity contribution is 0.135. The van der Waals surface area contributed by atoms with Gasteiger partial charge in [-0.25, -0.2) is 0 Å². The SMILES string of the molecule is CCCCCCCCCCCCCCCCCCCN1C=CN(CCCCCCCCCCC)C1CCCCCCCCCCCCCCCCC. The highest BCUT2D eigenvalue weighted by atomic mass is 15.4. The van der Waals surface area contributed by atoms with Crippen molar-refractivity contribution < 1.29 is 0 Å². The van der Waals surface area contributed by atoms with Crippen LogP contribution in [0.4, 0.5) is 0 Å². The van der Waals surface area contributed by atoms with Crippen molar-refractivity contribution in [1.82, 2.24) is 9.80 Å². The largest absolute Gasteiger partial charge is 0.356 e. The Balaban J connectivity index is 2.16. The summed E-state index contributed by atoms with van der Waals surface area (Å²) in [6.07, 6.45) is 66.4. The maximum absolute atomic E-state index is 2.74. The van der Waals surface area contributed by atoms with Gasteiger partial charge in [-0.15, -0.1) is 0 Å². The van der Waals surface area contributed by atoms with Gasteiger partial charge in [-0.05, 0) is 25.7 Å². The lowest BCUT2D eigenvalue weighted by Gasteiger charge is -2.33. The third-order valence-electron chi connectivity index (χ3n) is 12.3. The molecule has 0 N–H and O–H groups in total. The second-order valence-electron chi connectivity index (χ2n) is 17.5. The molecule has 1 aliphatic heterocycles. The molecule has 52 heavy (non-hydrogen) atoms. The number of rotatable bonds is 44. The van der Waals surface area contributed by atoms with E-state index in [0.717, 1.165) is 0 Å². The van der Waals surface area contributed by atoms with Crippen molar-refractivity contribution in [3.05, 3.63) is 12.4 Å². The molecule has 0 aromatic heterocycles. The van der Waals surface area contributed by atoms with E-state index in [1.807, 2.05) is 0 Å². The predicted molar refractivity (Wildman–Crippen MR) is 237 cm³/mol. The maximum atomic E-state index is 2.74. The van der Waals surface area contributed by atoms with Crippen LogP contribution in [0.2, 0.25) is 0 Å². The molecular weight excluding hydrogens is 629 g/mol. The van der Waals surface area contributed by atoms with E-state index in [-0.39, 0.29) is 0 Å². The summed E-state index contributed by atoms with van der Waals surface area (Å²) in [5, 5.41) is 0. The van der Waals surface area contributed by atoms with Gasteiger partial charge in [-0.3, -0.25) is 0 Å². The second-order valence-corrected chi connectivity index (χ2v) is 17.5. The third kappa shape index (κ3) is 32.7. The molecule has 0 fully saturated rings. The van der Waals surface area contributed by atoms with Crippen molar-refractivity contribution >= 4 is 0 Å². The fourth-order valence-corrected chi connectivity index (χ4v) is 8.66. The summed E-state index contributed by atoms with van der Waals surface area (Å²) in [6, 6.07) is 0. The van der Waals surface area contributed by atoms with Gasteiger partial charge in [0.25, 0.3) is 0 Å². The smallest absolute Gasteiger partial charge is 0.101 e. The van der Waals surface area contributed by atoms with Crippen molar-refractivity contribution in [1.29, 1.82) is 0 Å². The summed E-state index contributed by atoms with van der Waals surface area (Å²) in [7, 11) is 0. The van der Waals surface area contributed by atoms with E-state index in [2.05, 4.69) is 43.0 Å². The third-order valence-corrected chi connectivity index (χ3v) is 12.3. The van der Waals surface area contributed by atoms with Gasteiger partial charge in [0.15, 0.2) is 0 Å². The topological polar surface area (TPSA) is 6.48 Å². The van der Waals surface area contributed by atoms with Crippen LogP contribution < -0.4 is 0 Å². The number of hydrogen-bond acceptors (Lipinski definition) is 2. The Bertz CT molecular complexity index is 688. The molecule has 0 saturated heterocycles. The van der Waals surface area contributed by atoms with Crippen LogP contribution in [0.5, 0.6) is 0 Å². The van der Waals surface area contributed by atoms with E-state index >= 15 is 0 Å². The standard InChI is InChI=1S/C50H100N2/c1-4-7-10-13-16-19-21-23-25-26-28-30-32-35-38-41-44-47-52-49-48-51(46-43-40-37-34-18-15-12-9-6-3)50(52)45-42-39-36-33-31-29-27-24-22-20-17-14-11-8-5-2/h48-50H,4-47H2,1-3H3. The molecule has 0 spiro atoms. The molecule has 2 nitrogen and oxygen atoms in total. The molecule has 310 valence electrons. The first kappa shape index (κ1) is 49.4. The van der Waals surface area contributed by atoms with Crippen molar-refractivity contribution in [3.8, 4) is 0 Å². The highest BCUT2D eigenvalue weighted by molar-refractivity contribution is 4.97. The molecule has 0 bridgehead atoms. The first-order valence-corrected chi connectivity index (χ1v) is 25.0. The van der Waals surface area contributed by atoms with Crippen LogP contribution in [-0.4, -0.2) is 29.1 Å². The normalized spacial score (nSPS) is 14.4. The summed E-state index contributed by atoms with van der Waals surface area (Å²) >= 11 is 0. The predicted octanol–water partition coefficient (Wildman–Crippen LogP) is 17.8. The minimum atomic E-state index is 0.636. The lowest BCUT2D eigenvalue weighted by Crippen LogP contribution is -2.39. The maximum Gasteiger partial charge on any atom is 0.101 e. The number of nitrogens with zero attached hydrogens (tertiary/aromatic N) is 2. The van der Waals surface area contributed by atoms with Crippen molar-refractivity contribution in [3.63, 3.8) is 0 Å². The van der Waals surface area contributed by atoms with Crippen LogP contribution in [0, 0.1) is 0 Å². The van der Waals surface area contributed by atoms with E-state index in [0.29, 0.717) is 6.17 Å². The molecule has 1 aliphatic rings. The molecule has 0 amide bonds. The molecule has 1 heterocycles. The molecule has 0 aromatic carbocycles. The Morgan fingerprint density at radius 3 is 0.673 bits per heavy atom. The summed E-state index contributed by atoms with van der Waals surface area (Å²) in [4.78, 5) is 5.47. The summed E-state index contributed by atoms with van der Waals surface area (Å²) < 4.78 is 0. The molecule has 0 aliphatic carbocycles. The Kier molecular flexibility index (Phi) is 39.4. The zero-order valence-corrected chi connectivity index (χ0v) is 36.7. The van der Waals surface area contributed by atoms with Gasteiger partial charge in [-0.2, -0.15) is 0 Å². The minimum Gasteiger partial charge on any atom is -0.356 e. The Morgan fingerprint density at radius 1 is 0.250 bits per heavy atom. The molecule has 2 heteroatoms. The Hall–Kier alpha value is -0.660. The summed E-state index contributed by atoms with van der Waals surface area (Å²) in [5.41, 5.74) is 0. The average molecular weight is 729 g/mol. The van der Waals surface area contributed by atoms with Crippen molar-refractivity contribution in [2.45, 2.75) is 297 Å². The second kappa shape index (κ2) is 41.5. The first-order chi connectivity index (χ1) is 25.8. The Labute approximate surface area is 330 Å². The van der Waals surface area contributed by atoms with Crippen molar-refractivity contribution in [2.75, 3.05) is 13.1 Å². The van der Waals surface area contributed by atoms with E-state index < -0.39 is 0 Å². The van der Waals surface area contributed by atoms with Gasteiger partial charge in [0.05, 0.1) is 0 Å². The van der Waals surface area contributed by atoms with E-state index in [1.54, 1.807) is 0 Å².